The molecule has 2 atom stereocenters. The predicted molar refractivity (Wildman–Crippen MR) is 73.8 cm³/mol. The molecule has 0 bridgehead atoms. The Kier molecular flexibility index (Phi) is 4.68. The number of nitrogens with one attached hydrogen (secondary N) is 1. The second kappa shape index (κ2) is 5.89. The molecule has 0 aromatic rings. The van der Waals surface area contributed by atoms with Crippen LogP contribution in [-0.2, 0) is 9.47 Å². The van der Waals surface area contributed by atoms with Crippen LogP contribution in [0.4, 0.5) is 0 Å². The molecule has 106 valence electrons. The van der Waals surface area contributed by atoms with Gasteiger partial charge in [0, 0.05) is 26.3 Å². The Hall–Kier alpha value is -0.120. The van der Waals surface area contributed by atoms with Crippen LogP contribution in [0.25, 0.3) is 0 Å². The molecule has 0 aromatic carbocycles. The van der Waals surface area contributed by atoms with E-state index in [-0.39, 0.29) is 5.60 Å². The first-order chi connectivity index (χ1) is 8.58. The van der Waals surface area contributed by atoms with Gasteiger partial charge in [0.05, 0.1) is 12.2 Å². The second-order valence-corrected chi connectivity index (χ2v) is 6.75. The van der Waals surface area contributed by atoms with Crippen molar-refractivity contribution in [2.24, 2.45) is 5.41 Å². The van der Waals surface area contributed by atoms with E-state index in [1.165, 1.54) is 32.1 Å². The van der Waals surface area contributed by atoms with Crippen molar-refractivity contribution >= 4 is 0 Å². The van der Waals surface area contributed by atoms with Gasteiger partial charge in [-0.1, -0.05) is 13.8 Å². The minimum atomic E-state index is 0.0910. The van der Waals surface area contributed by atoms with E-state index in [4.69, 9.17) is 9.47 Å². The third kappa shape index (κ3) is 3.25. The fourth-order valence-electron chi connectivity index (χ4n) is 3.84. The van der Waals surface area contributed by atoms with Crippen molar-refractivity contribution in [3.63, 3.8) is 0 Å². The van der Waals surface area contributed by atoms with E-state index < -0.39 is 0 Å². The van der Waals surface area contributed by atoms with Gasteiger partial charge in [0.15, 0.2) is 0 Å². The minimum Gasteiger partial charge on any atom is -0.385 e. The molecule has 1 saturated heterocycles. The molecule has 1 heterocycles. The van der Waals surface area contributed by atoms with Crippen molar-refractivity contribution in [2.75, 3.05) is 26.9 Å². The maximum Gasteiger partial charge on any atom is 0.0840 e. The molecule has 0 amide bonds. The Morgan fingerprint density at radius 3 is 2.89 bits per heavy atom. The molecular weight excluding hydrogens is 226 g/mol. The topological polar surface area (TPSA) is 30.5 Å². The molecule has 0 radical (unpaired) electrons. The quantitative estimate of drug-likeness (QED) is 0.784. The van der Waals surface area contributed by atoms with Crippen molar-refractivity contribution < 1.29 is 9.47 Å². The first-order valence-corrected chi connectivity index (χ1v) is 7.44. The normalized spacial score (nSPS) is 35.8. The lowest BCUT2D eigenvalue weighted by Crippen LogP contribution is -2.60. The highest BCUT2D eigenvalue weighted by Gasteiger charge is 2.47. The minimum absolute atomic E-state index is 0.0910. The summed E-state index contributed by atoms with van der Waals surface area (Å²) in [7, 11) is 1.78. The van der Waals surface area contributed by atoms with E-state index in [9.17, 15) is 0 Å². The lowest BCUT2D eigenvalue weighted by Gasteiger charge is -2.51. The molecule has 0 aromatic heterocycles. The molecule has 2 aliphatic rings. The van der Waals surface area contributed by atoms with E-state index in [1.807, 2.05) is 0 Å². The monoisotopic (exact) mass is 255 g/mol. The number of methoxy groups -OCH3 is 1. The summed E-state index contributed by atoms with van der Waals surface area (Å²) in [5.41, 5.74) is 0.518. The number of rotatable bonds is 4. The van der Waals surface area contributed by atoms with E-state index in [0.29, 0.717) is 11.5 Å². The van der Waals surface area contributed by atoms with Crippen molar-refractivity contribution in [1.82, 2.24) is 5.32 Å². The van der Waals surface area contributed by atoms with E-state index in [2.05, 4.69) is 19.2 Å². The highest BCUT2D eigenvalue weighted by molar-refractivity contribution is 5.01. The smallest absolute Gasteiger partial charge is 0.0840 e. The first kappa shape index (κ1) is 14.3. The van der Waals surface area contributed by atoms with Crippen LogP contribution in [0.1, 0.15) is 52.4 Å². The van der Waals surface area contributed by atoms with Gasteiger partial charge in [-0.25, -0.2) is 0 Å². The van der Waals surface area contributed by atoms with Gasteiger partial charge in [-0.2, -0.15) is 0 Å². The fourth-order valence-corrected chi connectivity index (χ4v) is 3.84. The standard InChI is InChI=1S/C15H29NO2/c1-14(2)7-5-8-15(12-14)13(6-4-10-17-3)16-9-11-18-15/h13,16H,4-12H2,1-3H3. The van der Waals surface area contributed by atoms with Gasteiger partial charge in [-0.3, -0.25) is 0 Å². The largest absolute Gasteiger partial charge is 0.385 e. The zero-order valence-corrected chi connectivity index (χ0v) is 12.3. The average Bonchev–Trinajstić information content (AvgIpc) is 2.31. The number of ether oxygens (including phenoxy) is 2. The molecule has 3 nitrogen and oxygen atoms in total. The molecule has 2 fully saturated rings. The van der Waals surface area contributed by atoms with Gasteiger partial charge in [0.2, 0.25) is 0 Å². The number of hydrogen-bond acceptors (Lipinski definition) is 3. The van der Waals surface area contributed by atoms with Crippen LogP contribution in [0.3, 0.4) is 0 Å². The molecule has 1 spiro atoms. The predicted octanol–water partition coefficient (Wildman–Crippen LogP) is 2.74. The summed E-state index contributed by atoms with van der Waals surface area (Å²) < 4.78 is 11.5. The molecular formula is C15H29NO2. The molecule has 1 aliphatic heterocycles. The van der Waals surface area contributed by atoms with Crippen LogP contribution in [0, 0.1) is 5.41 Å². The van der Waals surface area contributed by atoms with E-state index in [0.717, 1.165) is 26.2 Å². The lowest BCUT2D eigenvalue weighted by atomic mass is 9.66. The Labute approximate surface area is 112 Å². The molecule has 2 rings (SSSR count). The molecule has 2 unspecified atom stereocenters. The highest BCUT2D eigenvalue weighted by Crippen LogP contribution is 2.46. The molecule has 3 heteroatoms. The zero-order chi connectivity index (χ0) is 13.1. The van der Waals surface area contributed by atoms with E-state index >= 15 is 0 Å². The van der Waals surface area contributed by atoms with Gasteiger partial charge < -0.3 is 14.8 Å². The Balaban J connectivity index is 2.01. The summed E-state index contributed by atoms with van der Waals surface area (Å²) in [5, 5.41) is 3.70. The Morgan fingerprint density at radius 1 is 1.33 bits per heavy atom. The first-order valence-electron chi connectivity index (χ1n) is 7.44. The SMILES string of the molecule is COCCCC1NCCOC12CCCC(C)(C)C2. The van der Waals surface area contributed by atoms with Crippen LogP contribution >= 0.6 is 0 Å². The van der Waals surface area contributed by atoms with Crippen molar-refractivity contribution in [3.05, 3.63) is 0 Å². The molecule has 1 saturated carbocycles. The van der Waals surface area contributed by atoms with Crippen LogP contribution in [-0.4, -0.2) is 38.5 Å². The average molecular weight is 255 g/mol. The molecule has 1 aliphatic carbocycles. The van der Waals surface area contributed by atoms with Crippen LogP contribution in [0.15, 0.2) is 0 Å². The summed E-state index contributed by atoms with van der Waals surface area (Å²) in [6.07, 6.45) is 7.35. The van der Waals surface area contributed by atoms with Gasteiger partial charge in [-0.05, 0) is 43.9 Å². The van der Waals surface area contributed by atoms with Crippen molar-refractivity contribution in [2.45, 2.75) is 64.0 Å². The van der Waals surface area contributed by atoms with Crippen molar-refractivity contribution in [1.29, 1.82) is 0 Å². The van der Waals surface area contributed by atoms with Crippen LogP contribution in [0.5, 0.6) is 0 Å². The third-order valence-electron chi connectivity index (χ3n) is 4.59. The maximum absolute atomic E-state index is 6.28. The number of hydrogen-bond donors (Lipinski definition) is 1. The van der Waals surface area contributed by atoms with Gasteiger partial charge in [-0.15, -0.1) is 0 Å². The second-order valence-electron chi connectivity index (χ2n) is 6.75. The Bertz CT molecular complexity index is 263. The highest BCUT2D eigenvalue weighted by atomic mass is 16.5. The lowest BCUT2D eigenvalue weighted by molar-refractivity contribution is -0.141. The summed E-state index contributed by atoms with van der Waals surface area (Å²) >= 11 is 0. The van der Waals surface area contributed by atoms with Crippen LogP contribution < -0.4 is 5.32 Å². The number of morpholine rings is 1. The van der Waals surface area contributed by atoms with Gasteiger partial charge in [0.1, 0.15) is 0 Å². The van der Waals surface area contributed by atoms with Crippen molar-refractivity contribution in [3.8, 4) is 0 Å². The van der Waals surface area contributed by atoms with Gasteiger partial charge in [0.25, 0.3) is 0 Å². The summed E-state index contributed by atoms with van der Waals surface area (Å²) in [5.74, 6) is 0. The fraction of sp³-hybridized carbons (Fsp3) is 1.00. The maximum atomic E-state index is 6.28. The van der Waals surface area contributed by atoms with Gasteiger partial charge >= 0.3 is 0 Å². The molecule has 18 heavy (non-hydrogen) atoms. The zero-order valence-electron chi connectivity index (χ0n) is 12.3. The van der Waals surface area contributed by atoms with E-state index in [1.54, 1.807) is 7.11 Å². The van der Waals surface area contributed by atoms with Crippen LogP contribution in [0.2, 0.25) is 0 Å². The summed E-state index contributed by atoms with van der Waals surface area (Å²) in [6.45, 7) is 7.50. The third-order valence-corrected chi connectivity index (χ3v) is 4.59. The Morgan fingerprint density at radius 2 is 2.17 bits per heavy atom. The molecule has 1 N–H and O–H groups in total. The summed E-state index contributed by atoms with van der Waals surface area (Å²) in [4.78, 5) is 0. The summed E-state index contributed by atoms with van der Waals surface area (Å²) in [6, 6.07) is 0.515.